The van der Waals surface area contributed by atoms with Crippen molar-refractivity contribution in [3.05, 3.63) is 11.3 Å². The average molecular weight is 179 g/mol. The maximum Gasteiger partial charge on any atom is 0.151 e. The zero-order chi connectivity index (χ0) is 9.42. The fourth-order valence-electron chi connectivity index (χ4n) is 1.59. The normalized spacial score (nSPS) is 16.6. The minimum absolute atomic E-state index is 0.453. The lowest BCUT2D eigenvalue weighted by atomic mass is 10.2. The molecule has 1 heterocycles. The third-order valence-corrected chi connectivity index (χ3v) is 2.46. The quantitative estimate of drug-likeness (QED) is 0.748. The van der Waals surface area contributed by atoms with Gasteiger partial charge in [-0.1, -0.05) is 0 Å². The van der Waals surface area contributed by atoms with Crippen LogP contribution in [0.4, 0.5) is 5.82 Å². The summed E-state index contributed by atoms with van der Waals surface area (Å²) < 4.78 is 0. The monoisotopic (exact) mass is 179 g/mol. The molecule has 2 N–H and O–H groups in total. The second-order valence-corrected chi connectivity index (χ2v) is 4.18. The molecule has 0 spiro atoms. The topological polar surface area (TPSA) is 40.7 Å². The number of rotatable bonds is 3. The fourth-order valence-corrected chi connectivity index (χ4v) is 1.59. The van der Waals surface area contributed by atoms with Gasteiger partial charge in [-0.15, -0.1) is 0 Å². The molecule has 3 heteroatoms. The smallest absolute Gasteiger partial charge is 0.151 e. The van der Waals surface area contributed by atoms with Gasteiger partial charge in [0, 0.05) is 23.2 Å². The van der Waals surface area contributed by atoms with Crippen molar-refractivity contribution in [3.8, 4) is 0 Å². The van der Waals surface area contributed by atoms with Crippen molar-refractivity contribution in [2.45, 2.75) is 45.6 Å². The minimum Gasteiger partial charge on any atom is -0.366 e. The van der Waals surface area contributed by atoms with Crippen LogP contribution in [0.3, 0.4) is 0 Å². The van der Waals surface area contributed by atoms with E-state index in [-0.39, 0.29) is 0 Å². The van der Waals surface area contributed by atoms with E-state index >= 15 is 0 Å². The Bertz CT molecular complexity index is 297. The van der Waals surface area contributed by atoms with Crippen molar-refractivity contribution in [2.75, 3.05) is 5.32 Å². The molecule has 0 bridgehead atoms. The first-order valence-corrected chi connectivity index (χ1v) is 5.00. The molecule has 0 unspecified atom stereocenters. The molecule has 1 aromatic heterocycles. The van der Waals surface area contributed by atoms with Crippen LogP contribution >= 0.6 is 0 Å². The summed E-state index contributed by atoms with van der Waals surface area (Å²) >= 11 is 0. The van der Waals surface area contributed by atoms with E-state index in [0.717, 1.165) is 11.7 Å². The first-order valence-electron chi connectivity index (χ1n) is 5.00. The number of anilines is 1. The Morgan fingerprint density at radius 1 is 1.46 bits per heavy atom. The maximum absolute atomic E-state index is 4.28. The third kappa shape index (κ3) is 1.69. The van der Waals surface area contributed by atoms with Crippen molar-refractivity contribution < 1.29 is 0 Å². The molecule has 3 nitrogen and oxygen atoms in total. The second-order valence-electron chi connectivity index (χ2n) is 4.18. The van der Waals surface area contributed by atoms with Gasteiger partial charge in [-0.2, -0.15) is 5.10 Å². The van der Waals surface area contributed by atoms with E-state index in [4.69, 9.17) is 0 Å². The highest BCUT2D eigenvalue weighted by Crippen LogP contribution is 2.41. The number of aromatic amines is 1. The van der Waals surface area contributed by atoms with Crippen LogP contribution in [0.5, 0.6) is 0 Å². The molecule has 1 saturated carbocycles. The Hall–Kier alpha value is -0.990. The van der Waals surface area contributed by atoms with Gasteiger partial charge in [-0.3, -0.25) is 5.10 Å². The Morgan fingerprint density at radius 2 is 2.15 bits per heavy atom. The van der Waals surface area contributed by atoms with Gasteiger partial charge in [-0.05, 0) is 33.6 Å². The Kier molecular flexibility index (Phi) is 2.02. The molecule has 13 heavy (non-hydrogen) atoms. The zero-order valence-corrected chi connectivity index (χ0v) is 8.52. The summed E-state index contributed by atoms with van der Waals surface area (Å²) in [6.45, 7) is 6.40. The molecule has 0 saturated heterocycles. The van der Waals surface area contributed by atoms with E-state index in [9.17, 15) is 0 Å². The zero-order valence-electron chi connectivity index (χ0n) is 8.52. The summed E-state index contributed by atoms with van der Waals surface area (Å²) in [7, 11) is 0. The molecular weight excluding hydrogens is 162 g/mol. The van der Waals surface area contributed by atoms with Crippen molar-refractivity contribution in [1.29, 1.82) is 0 Å². The highest BCUT2D eigenvalue weighted by Gasteiger charge is 2.28. The Balaban J connectivity index is 2.17. The molecule has 0 atom stereocenters. The molecule has 72 valence electrons. The van der Waals surface area contributed by atoms with E-state index in [2.05, 4.69) is 36.3 Å². The molecule has 1 aromatic rings. The molecule has 1 aliphatic rings. The molecule has 1 fully saturated rings. The van der Waals surface area contributed by atoms with E-state index in [1.54, 1.807) is 0 Å². The van der Waals surface area contributed by atoms with Crippen molar-refractivity contribution in [3.63, 3.8) is 0 Å². The first-order chi connectivity index (χ1) is 6.18. The lowest BCUT2D eigenvalue weighted by molar-refractivity contribution is 0.880. The SMILES string of the molecule is Cc1c(NC(C)C)n[nH]c1C1CC1. The van der Waals surface area contributed by atoms with Gasteiger partial charge in [0.25, 0.3) is 0 Å². The van der Waals surface area contributed by atoms with Crippen LogP contribution in [0, 0.1) is 6.92 Å². The standard InChI is InChI=1S/C10H17N3/c1-6(2)11-10-7(3)9(12-13-10)8-4-5-8/h6,8H,4-5H2,1-3H3,(H2,11,12,13). The van der Waals surface area contributed by atoms with Gasteiger partial charge in [0.15, 0.2) is 5.82 Å². The van der Waals surface area contributed by atoms with Crippen LogP contribution in [0.2, 0.25) is 0 Å². The van der Waals surface area contributed by atoms with Crippen LogP contribution in [-0.4, -0.2) is 16.2 Å². The number of nitrogens with zero attached hydrogens (tertiary/aromatic N) is 1. The molecule has 0 amide bonds. The van der Waals surface area contributed by atoms with Gasteiger partial charge in [0.05, 0.1) is 0 Å². The average Bonchev–Trinajstić information content (AvgIpc) is 2.81. The lowest BCUT2D eigenvalue weighted by Gasteiger charge is -2.06. The first kappa shape index (κ1) is 8.60. The van der Waals surface area contributed by atoms with Crippen LogP contribution in [0.15, 0.2) is 0 Å². The highest BCUT2D eigenvalue weighted by molar-refractivity contribution is 5.47. The van der Waals surface area contributed by atoms with E-state index in [1.165, 1.54) is 24.1 Å². The van der Waals surface area contributed by atoms with Crippen LogP contribution in [-0.2, 0) is 0 Å². The van der Waals surface area contributed by atoms with Gasteiger partial charge in [0.2, 0.25) is 0 Å². The molecule has 0 radical (unpaired) electrons. The molecule has 0 aromatic carbocycles. The van der Waals surface area contributed by atoms with Crippen LogP contribution in [0.25, 0.3) is 0 Å². The summed E-state index contributed by atoms with van der Waals surface area (Å²) in [6, 6.07) is 0.453. The van der Waals surface area contributed by atoms with Crippen molar-refractivity contribution in [2.24, 2.45) is 0 Å². The minimum atomic E-state index is 0.453. The van der Waals surface area contributed by atoms with E-state index < -0.39 is 0 Å². The summed E-state index contributed by atoms with van der Waals surface area (Å²) in [5.74, 6) is 1.78. The number of hydrogen-bond acceptors (Lipinski definition) is 2. The summed E-state index contributed by atoms with van der Waals surface area (Å²) in [5, 5.41) is 10.7. The lowest BCUT2D eigenvalue weighted by Crippen LogP contribution is -2.10. The van der Waals surface area contributed by atoms with Gasteiger partial charge in [0.1, 0.15) is 0 Å². The highest BCUT2D eigenvalue weighted by atomic mass is 15.2. The Morgan fingerprint density at radius 3 is 2.69 bits per heavy atom. The third-order valence-electron chi connectivity index (χ3n) is 2.46. The van der Waals surface area contributed by atoms with Gasteiger partial charge in [-0.25, -0.2) is 0 Å². The van der Waals surface area contributed by atoms with E-state index in [1.807, 2.05) is 0 Å². The number of nitrogens with one attached hydrogen (secondary N) is 2. The molecular formula is C10H17N3. The van der Waals surface area contributed by atoms with Gasteiger partial charge < -0.3 is 5.32 Å². The molecule has 0 aliphatic heterocycles. The van der Waals surface area contributed by atoms with Crippen molar-refractivity contribution >= 4 is 5.82 Å². The summed E-state index contributed by atoms with van der Waals surface area (Å²) in [5.41, 5.74) is 2.64. The van der Waals surface area contributed by atoms with Crippen LogP contribution < -0.4 is 5.32 Å². The largest absolute Gasteiger partial charge is 0.366 e. The van der Waals surface area contributed by atoms with E-state index in [0.29, 0.717) is 6.04 Å². The number of hydrogen-bond donors (Lipinski definition) is 2. The number of H-pyrrole nitrogens is 1. The second kappa shape index (κ2) is 3.05. The fraction of sp³-hybridized carbons (Fsp3) is 0.700. The maximum atomic E-state index is 4.28. The predicted molar refractivity (Wildman–Crippen MR) is 54.1 cm³/mol. The van der Waals surface area contributed by atoms with Crippen molar-refractivity contribution in [1.82, 2.24) is 10.2 Å². The number of aromatic nitrogens is 2. The predicted octanol–water partition coefficient (Wildman–Crippen LogP) is 2.42. The van der Waals surface area contributed by atoms with Crippen LogP contribution in [0.1, 0.15) is 43.9 Å². The summed E-state index contributed by atoms with van der Waals surface area (Å²) in [4.78, 5) is 0. The molecule has 1 aliphatic carbocycles. The van der Waals surface area contributed by atoms with Gasteiger partial charge >= 0.3 is 0 Å². The Labute approximate surface area is 78.9 Å². The summed E-state index contributed by atoms with van der Waals surface area (Å²) in [6.07, 6.45) is 2.65. The molecule has 2 rings (SSSR count).